The molecule has 15 heteroatoms. The molecule has 8 nitrogen and oxygen atoms in total. The van der Waals surface area contributed by atoms with Crippen molar-refractivity contribution in [3.05, 3.63) is 46.3 Å². The molecule has 2 N–H and O–H groups in total. The fourth-order valence-corrected chi connectivity index (χ4v) is 6.24. The lowest BCUT2D eigenvalue weighted by Gasteiger charge is -2.26. The first-order valence-corrected chi connectivity index (χ1v) is 13.3. The monoisotopic (exact) mass is 567 g/mol. The van der Waals surface area contributed by atoms with Gasteiger partial charge in [-0.2, -0.15) is 13.2 Å². The SMILES string of the molecule is NS(=O)(=O)C(CC(F)(F)F)c1cccc(-c2nc(N3CCOCC3)sc2-c2ccnc(Cl)n2)c1Cl. The summed E-state index contributed by atoms with van der Waals surface area (Å²) in [7, 11) is -4.63. The summed E-state index contributed by atoms with van der Waals surface area (Å²) in [6.45, 7) is 2.19. The molecular formula is C20H18Cl2F3N5O3S2. The number of nitrogens with two attached hydrogens (primary N) is 1. The van der Waals surface area contributed by atoms with Crippen LogP contribution in [0.1, 0.15) is 17.2 Å². The Labute approximate surface area is 212 Å². The van der Waals surface area contributed by atoms with E-state index < -0.39 is 27.9 Å². The van der Waals surface area contributed by atoms with Crippen molar-refractivity contribution in [1.82, 2.24) is 15.0 Å². The molecule has 1 aliphatic heterocycles. The third-order valence-electron chi connectivity index (χ3n) is 5.20. The van der Waals surface area contributed by atoms with Crippen LogP contribution in [0.3, 0.4) is 0 Å². The maximum Gasteiger partial charge on any atom is 0.390 e. The predicted octanol–water partition coefficient (Wildman–Crippen LogP) is 4.69. The van der Waals surface area contributed by atoms with Crippen LogP contribution in [0.15, 0.2) is 30.5 Å². The summed E-state index contributed by atoms with van der Waals surface area (Å²) in [5, 5.41) is 3.50. The number of anilines is 1. The zero-order valence-corrected chi connectivity index (χ0v) is 20.9. The number of benzene rings is 1. The summed E-state index contributed by atoms with van der Waals surface area (Å²) in [4.78, 5) is 15.4. The highest BCUT2D eigenvalue weighted by atomic mass is 35.5. The number of hydrogen-bond donors (Lipinski definition) is 1. The van der Waals surface area contributed by atoms with E-state index in [9.17, 15) is 21.6 Å². The second kappa shape index (κ2) is 10.1. The largest absolute Gasteiger partial charge is 0.390 e. The second-order valence-electron chi connectivity index (χ2n) is 7.59. The fraction of sp³-hybridized carbons (Fsp3) is 0.350. The van der Waals surface area contributed by atoms with Gasteiger partial charge in [0.2, 0.25) is 15.3 Å². The number of alkyl halides is 3. The molecule has 1 saturated heterocycles. The van der Waals surface area contributed by atoms with Gasteiger partial charge in [0.15, 0.2) is 5.13 Å². The molecule has 1 atom stereocenters. The number of sulfonamides is 1. The van der Waals surface area contributed by atoms with Gasteiger partial charge < -0.3 is 9.64 Å². The lowest BCUT2D eigenvalue weighted by molar-refractivity contribution is -0.134. The van der Waals surface area contributed by atoms with Crippen LogP contribution in [0.25, 0.3) is 21.8 Å². The summed E-state index contributed by atoms with van der Waals surface area (Å²) in [6.07, 6.45) is -5.01. The Balaban J connectivity index is 1.88. The molecule has 0 saturated carbocycles. The van der Waals surface area contributed by atoms with Crippen LogP contribution >= 0.6 is 34.5 Å². The lowest BCUT2D eigenvalue weighted by Crippen LogP contribution is -2.36. The maximum absolute atomic E-state index is 13.2. The van der Waals surface area contributed by atoms with Gasteiger partial charge in [-0.15, -0.1) is 0 Å². The smallest absolute Gasteiger partial charge is 0.378 e. The third kappa shape index (κ3) is 6.04. The molecular weight excluding hydrogens is 550 g/mol. The van der Waals surface area contributed by atoms with Crippen molar-refractivity contribution in [3.63, 3.8) is 0 Å². The molecule has 1 aliphatic rings. The second-order valence-corrected chi connectivity index (χ2v) is 11.0. The fourth-order valence-electron chi connectivity index (χ4n) is 3.61. The van der Waals surface area contributed by atoms with E-state index in [1.54, 1.807) is 12.1 Å². The Hall–Kier alpha value is -2.03. The number of aromatic nitrogens is 3. The van der Waals surface area contributed by atoms with Crippen molar-refractivity contribution in [1.29, 1.82) is 0 Å². The standard InChI is InChI=1S/C20H18Cl2F3N5O3S2/c21-15-11(14(35(26,31)32)10-20(23,24)25)2-1-3-12(15)16-17(13-4-5-27-18(22)28-13)34-19(29-16)30-6-8-33-9-7-30/h1-5,14H,6-10H2,(H2,26,31,32). The van der Waals surface area contributed by atoms with Gasteiger partial charge in [0.1, 0.15) is 5.25 Å². The van der Waals surface area contributed by atoms with Gasteiger partial charge in [0, 0.05) is 24.8 Å². The highest BCUT2D eigenvalue weighted by Gasteiger charge is 2.39. The summed E-state index contributed by atoms with van der Waals surface area (Å²) in [5.41, 5.74) is 0.715. The molecule has 2 aromatic heterocycles. The zero-order chi connectivity index (χ0) is 25.4. The number of nitrogens with zero attached hydrogens (tertiary/aromatic N) is 4. The number of morpholine rings is 1. The normalized spacial score (nSPS) is 15.9. The Morgan fingerprint density at radius 2 is 1.89 bits per heavy atom. The molecule has 0 amide bonds. The zero-order valence-electron chi connectivity index (χ0n) is 17.8. The molecule has 3 heterocycles. The predicted molar refractivity (Wildman–Crippen MR) is 128 cm³/mol. The first-order valence-electron chi connectivity index (χ1n) is 10.1. The van der Waals surface area contributed by atoms with Crippen LogP contribution in [-0.4, -0.2) is 55.8 Å². The van der Waals surface area contributed by atoms with Crippen molar-refractivity contribution in [3.8, 4) is 21.8 Å². The van der Waals surface area contributed by atoms with Gasteiger partial charge in [0.05, 0.1) is 40.9 Å². The van der Waals surface area contributed by atoms with E-state index in [2.05, 4.69) is 9.97 Å². The molecule has 3 aromatic rings. The Morgan fingerprint density at radius 1 is 1.17 bits per heavy atom. The minimum absolute atomic E-state index is 0.00548. The average molecular weight is 568 g/mol. The number of hydrogen-bond acceptors (Lipinski definition) is 8. The molecule has 1 fully saturated rings. The lowest BCUT2D eigenvalue weighted by atomic mass is 10.0. The summed E-state index contributed by atoms with van der Waals surface area (Å²) in [5.74, 6) is 0. The van der Waals surface area contributed by atoms with Gasteiger partial charge in [-0.05, 0) is 23.2 Å². The summed E-state index contributed by atoms with van der Waals surface area (Å²) >= 11 is 13.8. The minimum atomic E-state index is -4.79. The van der Waals surface area contributed by atoms with Gasteiger partial charge in [-0.3, -0.25) is 0 Å². The first kappa shape index (κ1) is 26.0. The Kier molecular flexibility index (Phi) is 7.55. The van der Waals surface area contributed by atoms with Crippen LogP contribution in [0.4, 0.5) is 18.3 Å². The first-order chi connectivity index (χ1) is 16.4. The summed E-state index contributed by atoms with van der Waals surface area (Å²) in [6, 6.07) is 5.78. The number of ether oxygens (including phenoxy) is 1. The average Bonchev–Trinajstić information content (AvgIpc) is 3.22. The van der Waals surface area contributed by atoms with Crippen molar-refractivity contribution in [2.75, 3.05) is 31.2 Å². The van der Waals surface area contributed by atoms with Gasteiger partial charge in [-0.1, -0.05) is 41.1 Å². The van der Waals surface area contributed by atoms with E-state index >= 15 is 0 Å². The van der Waals surface area contributed by atoms with Crippen molar-refractivity contribution in [2.24, 2.45) is 5.14 Å². The van der Waals surface area contributed by atoms with Crippen LogP contribution in [0.5, 0.6) is 0 Å². The van der Waals surface area contributed by atoms with Gasteiger partial charge in [-0.25, -0.2) is 28.5 Å². The molecule has 0 aliphatic carbocycles. The van der Waals surface area contributed by atoms with Crippen LogP contribution < -0.4 is 10.0 Å². The minimum Gasteiger partial charge on any atom is -0.378 e. The van der Waals surface area contributed by atoms with Gasteiger partial charge in [0.25, 0.3) is 0 Å². The van der Waals surface area contributed by atoms with Crippen molar-refractivity contribution >= 4 is 49.7 Å². The quantitative estimate of drug-likeness (QED) is 0.430. The molecule has 35 heavy (non-hydrogen) atoms. The van der Waals surface area contributed by atoms with Crippen molar-refractivity contribution < 1.29 is 26.3 Å². The summed E-state index contributed by atoms with van der Waals surface area (Å²) < 4.78 is 69.2. The molecule has 0 bridgehead atoms. The highest BCUT2D eigenvalue weighted by Crippen LogP contribution is 2.45. The number of rotatable bonds is 6. The highest BCUT2D eigenvalue weighted by molar-refractivity contribution is 7.89. The van der Waals surface area contributed by atoms with Crippen LogP contribution in [-0.2, 0) is 14.8 Å². The van der Waals surface area contributed by atoms with Gasteiger partial charge >= 0.3 is 6.18 Å². The molecule has 188 valence electrons. The van der Waals surface area contributed by atoms with Crippen LogP contribution in [0, 0.1) is 0 Å². The number of thiazole rings is 1. The van der Waals surface area contributed by atoms with E-state index in [0.717, 1.165) is 0 Å². The third-order valence-corrected chi connectivity index (χ3v) is 8.16. The van der Waals surface area contributed by atoms with Crippen molar-refractivity contribution in [2.45, 2.75) is 17.8 Å². The topological polar surface area (TPSA) is 111 Å². The molecule has 1 aromatic carbocycles. The Bertz CT molecular complexity index is 1330. The van der Waals surface area contributed by atoms with E-state index in [4.69, 9.17) is 38.1 Å². The molecule has 0 spiro atoms. The molecule has 0 radical (unpaired) electrons. The van der Waals surface area contributed by atoms with E-state index in [1.165, 1.54) is 29.7 Å². The maximum atomic E-state index is 13.2. The van der Waals surface area contributed by atoms with E-state index in [-0.39, 0.29) is 21.4 Å². The molecule has 4 rings (SSSR count). The van der Waals surface area contributed by atoms with E-state index in [1.807, 2.05) is 4.90 Å². The number of primary sulfonamides is 1. The number of halogens is 5. The van der Waals surface area contributed by atoms with Crippen LogP contribution in [0.2, 0.25) is 10.3 Å². The van der Waals surface area contributed by atoms with E-state index in [0.29, 0.717) is 47.7 Å². The Morgan fingerprint density at radius 3 is 2.51 bits per heavy atom. The molecule has 1 unspecified atom stereocenters.